The van der Waals surface area contributed by atoms with Crippen molar-refractivity contribution in [1.29, 1.82) is 0 Å². The molecule has 0 saturated heterocycles. The molecule has 0 aliphatic heterocycles. The molecule has 2 heterocycles. The Morgan fingerprint density at radius 2 is 2.05 bits per heavy atom. The Morgan fingerprint density at radius 3 is 2.77 bits per heavy atom. The molecule has 0 aliphatic rings. The molecule has 0 atom stereocenters. The van der Waals surface area contributed by atoms with Crippen LogP contribution in [0.1, 0.15) is 0 Å². The van der Waals surface area contributed by atoms with Crippen LogP contribution >= 0.6 is 39.0 Å². The number of carbonyl (C=O) groups is 1. The van der Waals surface area contributed by atoms with Gasteiger partial charge >= 0.3 is 6.01 Å². The van der Waals surface area contributed by atoms with Crippen molar-refractivity contribution in [3.8, 4) is 10.8 Å². The number of thioether (sulfide) groups is 1. The number of carbonyl (C=O) groups excluding carboxylic acids is 1. The van der Waals surface area contributed by atoms with Crippen LogP contribution in [0, 0.1) is 0 Å². The molecule has 0 spiro atoms. The van der Waals surface area contributed by atoms with E-state index in [0.717, 1.165) is 13.6 Å². The van der Waals surface area contributed by atoms with Crippen molar-refractivity contribution in [1.82, 2.24) is 10.2 Å². The van der Waals surface area contributed by atoms with Crippen molar-refractivity contribution in [3.63, 3.8) is 0 Å². The summed E-state index contributed by atoms with van der Waals surface area (Å²) in [6.07, 6.45) is 0. The Kier molecular flexibility index (Phi) is 4.91. The second kappa shape index (κ2) is 7.08. The van der Waals surface area contributed by atoms with Gasteiger partial charge in [0, 0.05) is 4.90 Å². The molecule has 2 aromatic heterocycles. The van der Waals surface area contributed by atoms with Crippen molar-refractivity contribution in [2.24, 2.45) is 0 Å². The molecule has 1 aromatic carbocycles. The molecule has 112 valence electrons. The fourth-order valence-corrected chi connectivity index (χ4v) is 3.65. The molecule has 8 heteroatoms. The topological polar surface area (TPSA) is 68.0 Å². The highest BCUT2D eigenvalue weighted by atomic mass is 79.9. The number of amides is 1. The summed E-state index contributed by atoms with van der Waals surface area (Å²) in [4.78, 5) is 13.8. The largest absolute Gasteiger partial charge is 0.402 e. The summed E-state index contributed by atoms with van der Waals surface area (Å²) in [6, 6.07) is 13.6. The summed E-state index contributed by atoms with van der Waals surface area (Å²) in [5.74, 6) is 0.491. The Morgan fingerprint density at radius 1 is 1.23 bits per heavy atom. The minimum atomic E-state index is -0.184. The second-order valence-electron chi connectivity index (χ2n) is 4.17. The zero-order valence-corrected chi connectivity index (χ0v) is 14.4. The van der Waals surface area contributed by atoms with E-state index in [4.69, 9.17) is 4.42 Å². The highest BCUT2D eigenvalue weighted by Gasteiger charge is 2.13. The van der Waals surface area contributed by atoms with E-state index in [9.17, 15) is 4.79 Å². The molecular weight excluding hydrogens is 386 g/mol. The molecule has 5 nitrogen and oxygen atoms in total. The van der Waals surface area contributed by atoms with Gasteiger partial charge in [-0.1, -0.05) is 23.3 Å². The van der Waals surface area contributed by atoms with Crippen LogP contribution in [0.2, 0.25) is 0 Å². The van der Waals surface area contributed by atoms with E-state index in [0.29, 0.717) is 5.89 Å². The van der Waals surface area contributed by atoms with Crippen molar-refractivity contribution in [3.05, 3.63) is 46.3 Å². The number of hydrogen-bond donors (Lipinski definition) is 1. The quantitative estimate of drug-likeness (QED) is 0.652. The molecule has 0 fully saturated rings. The third-order valence-corrected chi connectivity index (χ3v) is 5.19. The van der Waals surface area contributed by atoms with Crippen LogP contribution in [0.5, 0.6) is 0 Å². The minimum Gasteiger partial charge on any atom is -0.402 e. The molecule has 1 amide bonds. The SMILES string of the molecule is O=C(CSc1ccccc1)Nc1nnc(-c2ccc(Br)s2)o1. The highest BCUT2D eigenvalue weighted by molar-refractivity contribution is 9.11. The van der Waals surface area contributed by atoms with E-state index in [1.165, 1.54) is 23.1 Å². The molecule has 0 saturated carbocycles. The highest BCUT2D eigenvalue weighted by Crippen LogP contribution is 2.31. The molecule has 3 aromatic rings. The van der Waals surface area contributed by atoms with E-state index >= 15 is 0 Å². The fraction of sp³-hybridized carbons (Fsp3) is 0.0714. The molecule has 3 rings (SSSR count). The number of anilines is 1. The van der Waals surface area contributed by atoms with Crippen LogP contribution in [0.25, 0.3) is 10.8 Å². The Hall–Kier alpha value is -1.64. The van der Waals surface area contributed by atoms with Crippen LogP contribution < -0.4 is 5.32 Å². The van der Waals surface area contributed by atoms with Gasteiger partial charge in [0.1, 0.15) is 0 Å². The van der Waals surface area contributed by atoms with Gasteiger partial charge in [0.05, 0.1) is 14.4 Å². The monoisotopic (exact) mass is 395 g/mol. The maximum absolute atomic E-state index is 11.9. The van der Waals surface area contributed by atoms with E-state index < -0.39 is 0 Å². The Labute approximate surface area is 143 Å². The standard InChI is InChI=1S/C14H10BrN3O2S2/c15-11-7-6-10(22-11)13-17-18-14(20-13)16-12(19)8-21-9-4-2-1-3-5-9/h1-7H,8H2,(H,16,18,19). The lowest BCUT2D eigenvalue weighted by Crippen LogP contribution is -2.14. The number of nitrogens with one attached hydrogen (secondary N) is 1. The van der Waals surface area contributed by atoms with Gasteiger partial charge in [-0.05, 0) is 40.2 Å². The van der Waals surface area contributed by atoms with Gasteiger partial charge in [0.15, 0.2) is 0 Å². The zero-order valence-electron chi connectivity index (χ0n) is 11.2. The summed E-state index contributed by atoms with van der Waals surface area (Å²) in [5.41, 5.74) is 0. The Balaban J connectivity index is 1.57. The van der Waals surface area contributed by atoms with E-state index in [-0.39, 0.29) is 17.7 Å². The number of rotatable bonds is 5. The molecule has 0 bridgehead atoms. The van der Waals surface area contributed by atoms with Crippen molar-refractivity contribution in [2.75, 3.05) is 11.1 Å². The minimum absolute atomic E-state index is 0.109. The van der Waals surface area contributed by atoms with Crippen LogP contribution in [0.3, 0.4) is 0 Å². The van der Waals surface area contributed by atoms with Gasteiger partial charge in [0.25, 0.3) is 5.89 Å². The van der Waals surface area contributed by atoms with Gasteiger partial charge in [-0.3, -0.25) is 10.1 Å². The van der Waals surface area contributed by atoms with Gasteiger partial charge < -0.3 is 4.42 Å². The molecule has 22 heavy (non-hydrogen) atoms. The van der Waals surface area contributed by atoms with E-state index in [1.54, 1.807) is 0 Å². The van der Waals surface area contributed by atoms with Gasteiger partial charge in [-0.15, -0.1) is 28.2 Å². The lowest BCUT2D eigenvalue weighted by atomic mass is 10.4. The number of nitrogens with zero attached hydrogens (tertiary/aromatic N) is 2. The predicted octanol–water partition coefficient (Wildman–Crippen LogP) is 4.29. The number of halogens is 1. The van der Waals surface area contributed by atoms with Crippen molar-refractivity contribution < 1.29 is 9.21 Å². The van der Waals surface area contributed by atoms with Gasteiger partial charge in [0.2, 0.25) is 5.91 Å². The van der Waals surface area contributed by atoms with Crippen LogP contribution in [-0.2, 0) is 4.79 Å². The third-order valence-electron chi connectivity index (χ3n) is 2.57. The lowest BCUT2D eigenvalue weighted by molar-refractivity contribution is -0.113. The maximum atomic E-state index is 11.9. The maximum Gasteiger partial charge on any atom is 0.322 e. The average Bonchev–Trinajstić information content (AvgIpc) is 3.15. The van der Waals surface area contributed by atoms with E-state index in [2.05, 4.69) is 31.4 Å². The number of benzene rings is 1. The van der Waals surface area contributed by atoms with Crippen LogP contribution in [0.15, 0.2) is 55.6 Å². The van der Waals surface area contributed by atoms with Crippen molar-refractivity contribution >= 4 is 51.0 Å². The van der Waals surface area contributed by atoms with Gasteiger partial charge in [-0.25, -0.2) is 0 Å². The molecule has 0 aliphatic carbocycles. The lowest BCUT2D eigenvalue weighted by Gasteiger charge is -2.00. The number of thiophene rings is 1. The van der Waals surface area contributed by atoms with Crippen LogP contribution in [0.4, 0.5) is 6.01 Å². The zero-order chi connectivity index (χ0) is 15.4. The van der Waals surface area contributed by atoms with Gasteiger partial charge in [-0.2, -0.15) is 0 Å². The summed E-state index contributed by atoms with van der Waals surface area (Å²) in [5, 5.41) is 10.4. The predicted molar refractivity (Wildman–Crippen MR) is 91.1 cm³/mol. The molecular formula is C14H10BrN3O2S2. The molecule has 0 radical (unpaired) electrons. The normalized spacial score (nSPS) is 10.6. The number of hydrogen-bond acceptors (Lipinski definition) is 6. The first kappa shape index (κ1) is 15.3. The van der Waals surface area contributed by atoms with Crippen molar-refractivity contribution in [2.45, 2.75) is 4.90 Å². The summed E-state index contributed by atoms with van der Waals surface area (Å²) in [7, 11) is 0. The number of aromatic nitrogens is 2. The first-order chi connectivity index (χ1) is 10.7. The molecule has 1 N–H and O–H groups in total. The summed E-state index contributed by atoms with van der Waals surface area (Å²) in [6.45, 7) is 0. The van der Waals surface area contributed by atoms with Crippen LogP contribution in [-0.4, -0.2) is 21.9 Å². The molecule has 0 unspecified atom stereocenters. The third kappa shape index (κ3) is 3.96. The second-order valence-corrected chi connectivity index (χ2v) is 7.68. The first-order valence-electron chi connectivity index (χ1n) is 6.27. The fourth-order valence-electron chi connectivity index (χ4n) is 1.62. The smallest absolute Gasteiger partial charge is 0.322 e. The summed E-state index contributed by atoms with van der Waals surface area (Å²) < 4.78 is 6.41. The van der Waals surface area contributed by atoms with E-state index in [1.807, 2.05) is 42.5 Å². The average molecular weight is 396 g/mol. The summed E-state index contributed by atoms with van der Waals surface area (Å²) >= 11 is 6.31. The first-order valence-corrected chi connectivity index (χ1v) is 8.87. The Bertz CT molecular complexity index is 773.